The number of phenols is 1. The largest absolute Gasteiger partial charge is 0.508 e. The van der Waals surface area contributed by atoms with Crippen LogP contribution in [0.5, 0.6) is 5.75 Å². The minimum absolute atomic E-state index is 0.274. The van der Waals surface area contributed by atoms with Gasteiger partial charge >= 0.3 is 0 Å². The van der Waals surface area contributed by atoms with E-state index >= 15 is 0 Å². The van der Waals surface area contributed by atoms with Crippen molar-refractivity contribution in [3.8, 4) is 27.6 Å². The molecule has 2 aromatic heterocycles. The van der Waals surface area contributed by atoms with Crippen molar-refractivity contribution >= 4 is 22.7 Å². The summed E-state index contributed by atoms with van der Waals surface area (Å²) in [6.45, 7) is 6.59. The summed E-state index contributed by atoms with van der Waals surface area (Å²) in [7, 11) is 0. The second kappa shape index (κ2) is 5.62. The fourth-order valence-electron chi connectivity index (χ4n) is 2.20. The molecule has 0 aliphatic heterocycles. The van der Waals surface area contributed by atoms with E-state index in [4.69, 9.17) is 4.98 Å². The molecule has 0 fully saturated rings. The van der Waals surface area contributed by atoms with Gasteiger partial charge in [0, 0.05) is 26.3 Å². The Balaban J connectivity index is 1.99. The van der Waals surface area contributed by atoms with Crippen molar-refractivity contribution in [1.29, 1.82) is 0 Å². The molecule has 0 bridgehead atoms. The summed E-state index contributed by atoms with van der Waals surface area (Å²) < 4.78 is 0. The number of thiazole rings is 1. The van der Waals surface area contributed by atoms with Gasteiger partial charge in [-0.15, -0.1) is 22.7 Å². The summed E-state index contributed by atoms with van der Waals surface area (Å²) >= 11 is 3.51. The van der Waals surface area contributed by atoms with Gasteiger partial charge in [-0.2, -0.15) is 0 Å². The molecular weight excluding hydrogens is 298 g/mol. The Morgan fingerprint density at radius 2 is 2.00 bits per heavy atom. The first-order valence-corrected chi connectivity index (χ1v) is 8.60. The summed E-state index contributed by atoms with van der Waals surface area (Å²) in [5, 5.41) is 12.7. The van der Waals surface area contributed by atoms with Crippen LogP contribution in [0, 0.1) is 6.92 Å². The molecule has 0 spiro atoms. The molecular formula is C17H17NOS2. The molecule has 0 atom stereocenters. The lowest BCUT2D eigenvalue weighted by Crippen LogP contribution is -1.80. The third-order valence-corrected chi connectivity index (χ3v) is 5.61. The maximum absolute atomic E-state index is 9.58. The molecule has 4 heteroatoms. The Morgan fingerprint density at radius 3 is 2.67 bits per heavy atom. The van der Waals surface area contributed by atoms with E-state index in [-0.39, 0.29) is 5.75 Å². The molecule has 108 valence electrons. The van der Waals surface area contributed by atoms with E-state index in [0.717, 1.165) is 16.3 Å². The summed E-state index contributed by atoms with van der Waals surface area (Å²) in [4.78, 5) is 7.45. The lowest BCUT2D eigenvalue weighted by Gasteiger charge is -1.98. The first kappa shape index (κ1) is 14.3. The highest BCUT2D eigenvalue weighted by atomic mass is 32.1. The van der Waals surface area contributed by atoms with Gasteiger partial charge in [0.15, 0.2) is 0 Å². The molecule has 3 aromatic rings. The fraction of sp³-hybridized carbons (Fsp3) is 0.235. The van der Waals surface area contributed by atoms with Gasteiger partial charge in [-0.1, -0.05) is 26.0 Å². The summed E-state index contributed by atoms with van der Waals surface area (Å²) in [6.07, 6.45) is 0. The summed E-state index contributed by atoms with van der Waals surface area (Å²) in [6, 6.07) is 9.50. The Kier molecular flexibility index (Phi) is 3.83. The van der Waals surface area contributed by atoms with Crippen molar-refractivity contribution in [3.05, 3.63) is 45.5 Å². The highest BCUT2D eigenvalue weighted by Crippen LogP contribution is 2.37. The number of benzene rings is 1. The standard InChI is InChI=1S/C17H17NOS2/c1-10(2)16-8-14(11(3)21-16)17-18-15(9-20-17)12-5-4-6-13(19)7-12/h4-10,19H,1-3H3. The Morgan fingerprint density at radius 1 is 1.19 bits per heavy atom. The van der Waals surface area contributed by atoms with Crippen LogP contribution in [0.15, 0.2) is 35.7 Å². The predicted octanol–water partition coefficient (Wildman–Crippen LogP) is 5.68. The molecule has 0 saturated heterocycles. The first-order chi connectivity index (χ1) is 10.0. The summed E-state index contributed by atoms with van der Waals surface area (Å²) in [5.74, 6) is 0.823. The van der Waals surface area contributed by atoms with Crippen LogP contribution in [0.1, 0.15) is 29.5 Å². The lowest BCUT2D eigenvalue weighted by atomic mass is 10.1. The van der Waals surface area contributed by atoms with Crippen molar-refractivity contribution in [3.63, 3.8) is 0 Å². The molecule has 0 aliphatic carbocycles. The highest BCUT2D eigenvalue weighted by Gasteiger charge is 2.14. The molecule has 0 saturated carbocycles. The molecule has 1 N–H and O–H groups in total. The summed E-state index contributed by atoms with van der Waals surface area (Å²) in [5.41, 5.74) is 3.11. The lowest BCUT2D eigenvalue weighted by molar-refractivity contribution is 0.475. The van der Waals surface area contributed by atoms with Gasteiger partial charge in [0.25, 0.3) is 0 Å². The van der Waals surface area contributed by atoms with E-state index < -0.39 is 0 Å². The number of aromatic hydroxyl groups is 1. The monoisotopic (exact) mass is 315 g/mol. The molecule has 2 heterocycles. The molecule has 3 rings (SSSR count). The van der Waals surface area contributed by atoms with Crippen LogP contribution in [-0.2, 0) is 0 Å². The van der Waals surface area contributed by atoms with Crippen LogP contribution in [0.25, 0.3) is 21.8 Å². The average Bonchev–Trinajstić information content (AvgIpc) is 3.05. The maximum atomic E-state index is 9.58. The van der Waals surface area contributed by atoms with Crippen molar-refractivity contribution in [1.82, 2.24) is 4.98 Å². The quantitative estimate of drug-likeness (QED) is 0.675. The molecule has 0 aliphatic rings. The van der Waals surface area contributed by atoms with E-state index in [0.29, 0.717) is 5.92 Å². The number of rotatable bonds is 3. The molecule has 0 amide bonds. The second-order valence-electron chi connectivity index (χ2n) is 5.36. The number of hydrogen-bond donors (Lipinski definition) is 1. The zero-order chi connectivity index (χ0) is 15.0. The van der Waals surface area contributed by atoms with Gasteiger partial charge in [0.1, 0.15) is 10.8 Å². The minimum Gasteiger partial charge on any atom is -0.508 e. The minimum atomic E-state index is 0.274. The van der Waals surface area contributed by atoms with Gasteiger partial charge < -0.3 is 5.11 Å². The van der Waals surface area contributed by atoms with Gasteiger partial charge in [0.05, 0.1) is 5.69 Å². The highest BCUT2D eigenvalue weighted by molar-refractivity contribution is 7.15. The van der Waals surface area contributed by atoms with Gasteiger partial charge in [0.2, 0.25) is 0 Å². The normalized spacial score (nSPS) is 11.2. The number of aryl methyl sites for hydroxylation is 1. The van der Waals surface area contributed by atoms with Gasteiger partial charge in [-0.3, -0.25) is 0 Å². The Bertz CT molecular complexity index is 771. The number of phenolic OH excluding ortho intramolecular Hbond substituents is 1. The number of nitrogens with zero attached hydrogens (tertiary/aromatic N) is 1. The van der Waals surface area contributed by atoms with E-state index in [1.54, 1.807) is 23.5 Å². The molecule has 2 nitrogen and oxygen atoms in total. The number of hydrogen-bond acceptors (Lipinski definition) is 4. The zero-order valence-electron chi connectivity index (χ0n) is 12.3. The SMILES string of the molecule is Cc1sc(C(C)C)cc1-c1nc(-c2cccc(O)c2)cs1. The van der Waals surface area contributed by atoms with Crippen LogP contribution >= 0.6 is 22.7 Å². The second-order valence-corrected chi connectivity index (χ2v) is 7.51. The van der Waals surface area contributed by atoms with Crippen LogP contribution in [0.4, 0.5) is 0 Å². The van der Waals surface area contributed by atoms with Crippen molar-refractivity contribution in [2.24, 2.45) is 0 Å². The first-order valence-electron chi connectivity index (χ1n) is 6.90. The van der Waals surface area contributed by atoms with E-state index in [1.165, 1.54) is 15.3 Å². The topological polar surface area (TPSA) is 33.1 Å². The van der Waals surface area contributed by atoms with E-state index in [2.05, 4.69) is 32.2 Å². The van der Waals surface area contributed by atoms with Crippen LogP contribution in [-0.4, -0.2) is 10.1 Å². The average molecular weight is 315 g/mol. The third kappa shape index (κ3) is 2.87. The van der Waals surface area contributed by atoms with Crippen molar-refractivity contribution in [2.75, 3.05) is 0 Å². The maximum Gasteiger partial charge on any atom is 0.125 e. The van der Waals surface area contributed by atoms with Crippen LogP contribution in [0.3, 0.4) is 0 Å². The number of aromatic nitrogens is 1. The van der Waals surface area contributed by atoms with E-state index in [1.807, 2.05) is 23.5 Å². The van der Waals surface area contributed by atoms with Crippen molar-refractivity contribution < 1.29 is 5.11 Å². The van der Waals surface area contributed by atoms with Crippen molar-refractivity contribution in [2.45, 2.75) is 26.7 Å². The Labute approximate surface area is 132 Å². The fourth-order valence-corrected chi connectivity index (χ4v) is 4.20. The number of thiophene rings is 1. The molecule has 1 aromatic carbocycles. The molecule has 0 radical (unpaired) electrons. The third-order valence-electron chi connectivity index (χ3n) is 3.38. The van der Waals surface area contributed by atoms with Crippen LogP contribution in [0.2, 0.25) is 0 Å². The smallest absolute Gasteiger partial charge is 0.125 e. The van der Waals surface area contributed by atoms with Gasteiger partial charge in [-0.25, -0.2) is 4.98 Å². The van der Waals surface area contributed by atoms with E-state index in [9.17, 15) is 5.11 Å². The predicted molar refractivity (Wildman–Crippen MR) is 91.4 cm³/mol. The molecule has 0 unspecified atom stereocenters. The zero-order valence-corrected chi connectivity index (χ0v) is 13.9. The van der Waals surface area contributed by atoms with Gasteiger partial charge in [-0.05, 0) is 31.0 Å². The molecule has 21 heavy (non-hydrogen) atoms. The van der Waals surface area contributed by atoms with Crippen LogP contribution < -0.4 is 0 Å². The Hall–Kier alpha value is -1.65.